The van der Waals surface area contributed by atoms with Crippen molar-refractivity contribution in [1.82, 2.24) is 9.80 Å². The molecule has 1 saturated heterocycles. The molecule has 112 valence electrons. The van der Waals surface area contributed by atoms with Crippen LogP contribution in [0.2, 0.25) is 0 Å². The first kappa shape index (κ1) is 14.6. The second-order valence-corrected chi connectivity index (χ2v) is 6.89. The molecule has 1 heterocycles. The van der Waals surface area contributed by atoms with E-state index in [0.29, 0.717) is 0 Å². The summed E-state index contributed by atoms with van der Waals surface area (Å²) >= 11 is 0. The Morgan fingerprint density at radius 2 is 1.81 bits per heavy atom. The lowest BCUT2D eigenvalue weighted by molar-refractivity contribution is 0.0764. The zero-order valence-corrected chi connectivity index (χ0v) is 13.2. The average molecular weight is 283 g/mol. The van der Waals surface area contributed by atoms with E-state index in [2.05, 4.69) is 34.1 Å². The molecule has 2 aliphatic rings. The van der Waals surface area contributed by atoms with Crippen molar-refractivity contribution in [2.24, 2.45) is 0 Å². The van der Waals surface area contributed by atoms with Gasteiger partial charge in [0.1, 0.15) is 5.54 Å². The first-order valence-corrected chi connectivity index (χ1v) is 8.08. The minimum atomic E-state index is -0.334. The molecule has 1 aliphatic heterocycles. The molecule has 1 aliphatic carbocycles. The molecule has 21 heavy (non-hydrogen) atoms. The van der Waals surface area contributed by atoms with Gasteiger partial charge in [-0.3, -0.25) is 9.80 Å². The first-order valence-electron chi connectivity index (χ1n) is 8.08. The Morgan fingerprint density at radius 1 is 1.10 bits per heavy atom. The van der Waals surface area contributed by atoms with E-state index in [0.717, 1.165) is 32.7 Å². The molecule has 3 heteroatoms. The molecule has 0 saturated carbocycles. The fourth-order valence-corrected chi connectivity index (χ4v) is 3.52. The standard InChI is InChI=1S/C18H25N3/c1-18(2,14-19)21-10-8-20(9-11-21)13-15-6-7-16-4-3-5-17(16)12-15/h6-7,12H,3-5,8-11,13H2,1-2H3. The molecular weight excluding hydrogens is 258 g/mol. The van der Waals surface area contributed by atoms with Gasteiger partial charge in [-0.2, -0.15) is 5.26 Å². The second kappa shape index (κ2) is 5.79. The van der Waals surface area contributed by atoms with E-state index in [1.807, 2.05) is 13.8 Å². The predicted octanol–water partition coefficient (Wildman–Crippen LogP) is 2.60. The van der Waals surface area contributed by atoms with E-state index >= 15 is 0 Å². The van der Waals surface area contributed by atoms with Gasteiger partial charge in [-0.25, -0.2) is 0 Å². The number of hydrogen-bond donors (Lipinski definition) is 0. The molecule has 0 amide bonds. The van der Waals surface area contributed by atoms with Crippen LogP contribution in [0.3, 0.4) is 0 Å². The summed E-state index contributed by atoms with van der Waals surface area (Å²) in [6, 6.07) is 9.45. The van der Waals surface area contributed by atoms with Crippen molar-refractivity contribution in [3.05, 3.63) is 34.9 Å². The number of aryl methyl sites for hydroxylation is 2. The van der Waals surface area contributed by atoms with Gasteiger partial charge in [-0.05, 0) is 49.8 Å². The number of piperazine rings is 1. The SMILES string of the molecule is CC(C)(C#N)N1CCN(Cc2ccc3c(c2)CCC3)CC1. The van der Waals surface area contributed by atoms with Gasteiger partial charge < -0.3 is 0 Å². The van der Waals surface area contributed by atoms with E-state index in [4.69, 9.17) is 0 Å². The van der Waals surface area contributed by atoms with E-state index in [-0.39, 0.29) is 5.54 Å². The molecule has 3 rings (SSSR count). The molecule has 3 nitrogen and oxygen atoms in total. The van der Waals surface area contributed by atoms with Crippen molar-refractivity contribution < 1.29 is 0 Å². The van der Waals surface area contributed by atoms with E-state index in [9.17, 15) is 5.26 Å². The van der Waals surface area contributed by atoms with Gasteiger partial charge in [0.25, 0.3) is 0 Å². The van der Waals surface area contributed by atoms with Crippen LogP contribution in [0, 0.1) is 11.3 Å². The van der Waals surface area contributed by atoms with Crippen molar-refractivity contribution in [1.29, 1.82) is 5.26 Å². The lowest BCUT2D eigenvalue weighted by Gasteiger charge is -2.40. The Hall–Kier alpha value is -1.37. The predicted molar refractivity (Wildman–Crippen MR) is 85.0 cm³/mol. The molecule has 0 N–H and O–H groups in total. The zero-order chi connectivity index (χ0) is 14.9. The maximum Gasteiger partial charge on any atom is 0.103 e. The monoisotopic (exact) mass is 283 g/mol. The van der Waals surface area contributed by atoms with Crippen LogP contribution in [0.4, 0.5) is 0 Å². The van der Waals surface area contributed by atoms with Crippen LogP contribution in [0.25, 0.3) is 0 Å². The summed E-state index contributed by atoms with van der Waals surface area (Å²) in [5.41, 5.74) is 4.24. The highest BCUT2D eigenvalue weighted by Crippen LogP contribution is 2.24. The van der Waals surface area contributed by atoms with Crippen molar-refractivity contribution >= 4 is 0 Å². The third kappa shape index (κ3) is 3.12. The third-order valence-electron chi connectivity index (χ3n) is 5.01. The number of hydrogen-bond acceptors (Lipinski definition) is 3. The van der Waals surface area contributed by atoms with Crippen LogP contribution in [0.15, 0.2) is 18.2 Å². The van der Waals surface area contributed by atoms with Gasteiger partial charge in [0, 0.05) is 32.7 Å². The highest BCUT2D eigenvalue weighted by Gasteiger charge is 2.29. The third-order valence-corrected chi connectivity index (χ3v) is 5.01. The topological polar surface area (TPSA) is 30.3 Å². The fraction of sp³-hybridized carbons (Fsp3) is 0.611. The van der Waals surface area contributed by atoms with Crippen molar-refractivity contribution in [3.63, 3.8) is 0 Å². The molecule has 0 unspecified atom stereocenters. The van der Waals surface area contributed by atoms with Crippen LogP contribution in [0.1, 0.15) is 37.0 Å². The first-order chi connectivity index (χ1) is 10.1. The number of fused-ring (bicyclic) bond motifs is 1. The minimum absolute atomic E-state index is 0.334. The maximum absolute atomic E-state index is 9.23. The second-order valence-electron chi connectivity index (χ2n) is 6.89. The molecule has 1 fully saturated rings. The highest BCUT2D eigenvalue weighted by atomic mass is 15.3. The molecule has 0 radical (unpaired) electrons. The Morgan fingerprint density at radius 3 is 2.52 bits per heavy atom. The molecule has 1 aromatic rings. The normalized spacial score (nSPS) is 20.2. The van der Waals surface area contributed by atoms with Crippen molar-refractivity contribution in [2.75, 3.05) is 26.2 Å². The Balaban J connectivity index is 1.57. The molecular formula is C18H25N3. The summed E-state index contributed by atoms with van der Waals surface area (Å²) in [5, 5.41) is 9.23. The molecule has 0 aromatic heterocycles. The molecule has 0 spiro atoms. The Bertz CT molecular complexity index is 548. The molecule has 0 atom stereocenters. The van der Waals surface area contributed by atoms with Crippen LogP contribution in [-0.4, -0.2) is 41.5 Å². The summed E-state index contributed by atoms with van der Waals surface area (Å²) in [6.45, 7) is 9.18. The van der Waals surface area contributed by atoms with Crippen molar-refractivity contribution in [2.45, 2.75) is 45.2 Å². The zero-order valence-electron chi connectivity index (χ0n) is 13.2. The summed E-state index contributed by atoms with van der Waals surface area (Å²) in [5.74, 6) is 0. The lowest BCUT2D eigenvalue weighted by Crippen LogP contribution is -2.53. The number of nitrogens with zero attached hydrogens (tertiary/aromatic N) is 3. The summed E-state index contributed by atoms with van der Waals surface area (Å²) < 4.78 is 0. The van der Waals surface area contributed by atoms with Crippen LogP contribution < -0.4 is 0 Å². The van der Waals surface area contributed by atoms with Crippen LogP contribution in [-0.2, 0) is 19.4 Å². The molecule has 0 bridgehead atoms. The lowest BCUT2D eigenvalue weighted by atomic mass is 10.0. The summed E-state index contributed by atoms with van der Waals surface area (Å²) in [6.07, 6.45) is 3.84. The van der Waals surface area contributed by atoms with Crippen molar-refractivity contribution in [3.8, 4) is 6.07 Å². The number of nitriles is 1. The number of rotatable bonds is 3. The van der Waals surface area contributed by atoms with E-state index in [1.165, 1.54) is 24.8 Å². The minimum Gasteiger partial charge on any atom is -0.297 e. The smallest absolute Gasteiger partial charge is 0.103 e. The fourth-order valence-electron chi connectivity index (χ4n) is 3.52. The van der Waals surface area contributed by atoms with Gasteiger partial charge in [0.15, 0.2) is 0 Å². The Kier molecular flexibility index (Phi) is 4.01. The summed E-state index contributed by atoms with van der Waals surface area (Å²) in [4.78, 5) is 4.81. The summed E-state index contributed by atoms with van der Waals surface area (Å²) in [7, 11) is 0. The largest absolute Gasteiger partial charge is 0.297 e. The van der Waals surface area contributed by atoms with Gasteiger partial charge in [0.2, 0.25) is 0 Å². The quantitative estimate of drug-likeness (QED) is 0.854. The van der Waals surface area contributed by atoms with E-state index < -0.39 is 0 Å². The average Bonchev–Trinajstić information content (AvgIpc) is 2.95. The van der Waals surface area contributed by atoms with Crippen LogP contribution >= 0.6 is 0 Å². The maximum atomic E-state index is 9.23. The van der Waals surface area contributed by atoms with Gasteiger partial charge in [0.05, 0.1) is 6.07 Å². The molecule has 1 aromatic carbocycles. The van der Waals surface area contributed by atoms with E-state index in [1.54, 1.807) is 11.1 Å². The van der Waals surface area contributed by atoms with Gasteiger partial charge in [-0.15, -0.1) is 0 Å². The van der Waals surface area contributed by atoms with Crippen LogP contribution in [0.5, 0.6) is 0 Å². The van der Waals surface area contributed by atoms with Gasteiger partial charge >= 0.3 is 0 Å². The van der Waals surface area contributed by atoms with Gasteiger partial charge in [-0.1, -0.05) is 18.2 Å². The number of benzene rings is 1. The Labute approximate surface area is 128 Å². The highest BCUT2D eigenvalue weighted by molar-refractivity contribution is 5.35.